The number of hydrogen-bond donors (Lipinski definition) is 3. The minimum atomic E-state index is -4.95. The summed E-state index contributed by atoms with van der Waals surface area (Å²) in [5.41, 5.74) is 0. The average Bonchev–Trinajstić information content (AvgIpc) is 3.66. The zero-order valence-electron chi connectivity index (χ0n) is 56.6. The lowest BCUT2D eigenvalue weighted by atomic mass is 10.0. The van der Waals surface area contributed by atoms with E-state index in [1.807, 2.05) is 0 Å². The fourth-order valence-electron chi connectivity index (χ4n) is 10.1. The molecule has 3 N–H and O–H groups in total. The van der Waals surface area contributed by atoms with Gasteiger partial charge in [-0.1, -0.05) is 280 Å². The van der Waals surface area contributed by atoms with E-state index >= 15 is 0 Å². The number of aliphatic hydroxyl groups excluding tert-OH is 1. The highest BCUT2D eigenvalue weighted by Crippen LogP contribution is 2.45. The van der Waals surface area contributed by atoms with Gasteiger partial charge in [-0.3, -0.25) is 37.3 Å². The van der Waals surface area contributed by atoms with E-state index in [1.165, 1.54) is 128 Å². The third kappa shape index (κ3) is 62.6. The number of hydrogen-bond acceptors (Lipinski definition) is 15. The van der Waals surface area contributed by atoms with E-state index in [9.17, 15) is 43.2 Å². The Bertz CT molecular complexity index is 1730. The van der Waals surface area contributed by atoms with Gasteiger partial charge >= 0.3 is 39.5 Å². The van der Waals surface area contributed by atoms with Gasteiger partial charge in [0.25, 0.3) is 0 Å². The Labute approximate surface area is 530 Å². The number of phosphoric acid groups is 2. The SMILES string of the molecule is CC(C)CCCCCCCCCCCCCCCCCC(=O)OC[C@H](COP(=O)(O)OC[C@@H](O)COP(=O)(O)OC[C@@H](COC(=O)CCCCCCCCC(C)C)OC(=O)CCCCCCCCCCC(C)C)OC(=O)CCCCCCCCC(C)C. The van der Waals surface area contributed by atoms with Crippen LogP contribution >= 0.6 is 15.6 Å². The van der Waals surface area contributed by atoms with E-state index in [2.05, 4.69) is 55.4 Å². The molecule has 0 aliphatic rings. The Morgan fingerprint density at radius 2 is 0.483 bits per heavy atom. The van der Waals surface area contributed by atoms with Crippen LogP contribution in [-0.2, 0) is 65.4 Å². The Balaban J connectivity index is 5.16. The molecule has 0 amide bonds. The molecule has 0 aromatic carbocycles. The molecule has 516 valence electrons. The number of rotatable bonds is 65. The molecule has 17 nitrogen and oxygen atoms in total. The van der Waals surface area contributed by atoms with Gasteiger partial charge in [-0.05, 0) is 49.4 Å². The van der Waals surface area contributed by atoms with Gasteiger partial charge in [0, 0.05) is 25.7 Å². The maximum Gasteiger partial charge on any atom is 0.472 e. The molecule has 0 aromatic heterocycles. The van der Waals surface area contributed by atoms with Gasteiger partial charge in [-0.25, -0.2) is 9.13 Å². The molecule has 0 saturated carbocycles. The fourth-order valence-corrected chi connectivity index (χ4v) is 11.7. The van der Waals surface area contributed by atoms with Crippen LogP contribution in [0.3, 0.4) is 0 Å². The summed E-state index contributed by atoms with van der Waals surface area (Å²) >= 11 is 0. The third-order valence-corrected chi connectivity index (χ3v) is 17.5. The number of unbranched alkanes of at least 4 members (excludes halogenated alkanes) is 31. The molecule has 0 bridgehead atoms. The van der Waals surface area contributed by atoms with Crippen LogP contribution in [-0.4, -0.2) is 96.7 Å². The van der Waals surface area contributed by atoms with Crippen LogP contribution in [0.5, 0.6) is 0 Å². The maximum atomic E-state index is 13.0. The first kappa shape index (κ1) is 85.1. The number of ether oxygens (including phenoxy) is 4. The van der Waals surface area contributed by atoms with Crippen molar-refractivity contribution >= 4 is 39.5 Å². The molecule has 19 heteroatoms. The molecule has 2 unspecified atom stereocenters. The lowest BCUT2D eigenvalue weighted by Gasteiger charge is -2.21. The van der Waals surface area contributed by atoms with Crippen LogP contribution in [0.15, 0.2) is 0 Å². The van der Waals surface area contributed by atoms with E-state index in [0.717, 1.165) is 108 Å². The Kier molecular flexibility index (Phi) is 56.6. The van der Waals surface area contributed by atoms with Crippen molar-refractivity contribution in [2.24, 2.45) is 23.7 Å². The van der Waals surface area contributed by atoms with E-state index < -0.39 is 97.5 Å². The first-order chi connectivity index (χ1) is 41.6. The quantitative estimate of drug-likeness (QED) is 0.0222. The summed E-state index contributed by atoms with van der Waals surface area (Å²) in [6.07, 6.45) is 39.4. The standard InChI is InChI=1S/C68H132O17P2/c1-58(2)44-36-28-20-16-14-12-10-9-11-13-15-17-22-32-40-48-65(70)78-54-64(85-68(73)51-43-35-27-25-31-39-47-61(7)8)57-83-87(76,77)81-53-62(69)52-80-86(74,75)82-56-63(55-79-66(71)49-41-33-26-24-30-38-46-60(5)6)84-67(72)50-42-34-23-19-18-21-29-37-45-59(3)4/h58-64,69H,9-57H2,1-8H3,(H,74,75)(H,76,77)/t62-,63+,64+/m0/s1. The predicted octanol–water partition coefficient (Wildman–Crippen LogP) is 18.9. The van der Waals surface area contributed by atoms with Crippen molar-refractivity contribution in [2.45, 2.75) is 350 Å². The molecule has 5 atom stereocenters. The van der Waals surface area contributed by atoms with E-state index in [-0.39, 0.29) is 25.7 Å². The Morgan fingerprint density at radius 3 is 0.713 bits per heavy atom. The summed E-state index contributed by atoms with van der Waals surface area (Å²) in [4.78, 5) is 72.3. The van der Waals surface area contributed by atoms with Crippen LogP contribution < -0.4 is 0 Å². The van der Waals surface area contributed by atoms with E-state index in [0.29, 0.717) is 37.5 Å². The minimum Gasteiger partial charge on any atom is -0.462 e. The number of phosphoric ester groups is 2. The molecule has 0 saturated heterocycles. The van der Waals surface area contributed by atoms with Gasteiger partial charge < -0.3 is 33.8 Å². The minimum absolute atomic E-state index is 0.102. The molecule has 0 fully saturated rings. The summed E-state index contributed by atoms with van der Waals surface area (Å²) in [5.74, 6) is 0.733. The van der Waals surface area contributed by atoms with Gasteiger partial charge in [0.05, 0.1) is 26.4 Å². The second-order valence-corrected chi connectivity index (χ2v) is 29.4. The number of aliphatic hydroxyl groups is 1. The van der Waals surface area contributed by atoms with Crippen molar-refractivity contribution in [3.8, 4) is 0 Å². The van der Waals surface area contributed by atoms with Crippen LogP contribution in [0, 0.1) is 23.7 Å². The predicted molar refractivity (Wildman–Crippen MR) is 349 cm³/mol. The molecular weight excluding hydrogens is 1150 g/mol. The number of esters is 4. The lowest BCUT2D eigenvalue weighted by molar-refractivity contribution is -0.161. The Morgan fingerprint density at radius 1 is 0.287 bits per heavy atom. The van der Waals surface area contributed by atoms with Gasteiger partial charge in [0.15, 0.2) is 12.2 Å². The zero-order valence-corrected chi connectivity index (χ0v) is 58.4. The van der Waals surface area contributed by atoms with Crippen molar-refractivity contribution in [3.63, 3.8) is 0 Å². The number of carbonyl (C=O) groups excluding carboxylic acids is 4. The summed E-state index contributed by atoms with van der Waals surface area (Å²) in [6.45, 7) is 13.9. The molecule has 0 rings (SSSR count). The van der Waals surface area contributed by atoms with Crippen molar-refractivity contribution < 1.29 is 80.2 Å². The second-order valence-electron chi connectivity index (χ2n) is 26.5. The molecule has 0 aromatic rings. The highest BCUT2D eigenvalue weighted by molar-refractivity contribution is 7.47. The normalized spacial score (nSPS) is 14.3. The van der Waals surface area contributed by atoms with Crippen molar-refractivity contribution in [1.82, 2.24) is 0 Å². The highest BCUT2D eigenvalue weighted by Gasteiger charge is 2.30. The largest absolute Gasteiger partial charge is 0.472 e. The molecule has 0 aliphatic heterocycles. The van der Waals surface area contributed by atoms with Crippen LogP contribution in [0.1, 0.15) is 331 Å². The first-order valence-electron chi connectivity index (χ1n) is 35.2. The van der Waals surface area contributed by atoms with Crippen molar-refractivity contribution in [1.29, 1.82) is 0 Å². The number of carbonyl (C=O) groups is 4. The van der Waals surface area contributed by atoms with Crippen molar-refractivity contribution in [2.75, 3.05) is 39.6 Å². The van der Waals surface area contributed by atoms with Crippen LogP contribution in [0.2, 0.25) is 0 Å². The van der Waals surface area contributed by atoms with Crippen LogP contribution in [0.25, 0.3) is 0 Å². The van der Waals surface area contributed by atoms with Gasteiger partial charge in [0.1, 0.15) is 19.3 Å². The average molecular weight is 1280 g/mol. The fraction of sp³-hybridized carbons (Fsp3) is 0.941. The molecular formula is C68H132O17P2. The highest BCUT2D eigenvalue weighted by atomic mass is 31.2. The smallest absolute Gasteiger partial charge is 0.462 e. The van der Waals surface area contributed by atoms with Gasteiger partial charge in [0.2, 0.25) is 0 Å². The van der Waals surface area contributed by atoms with Crippen LogP contribution in [0.4, 0.5) is 0 Å². The summed E-state index contributed by atoms with van der Waals surface area (Å²) < 4.78 is 68.1. The molecule has 0 heterocycles. The first-order valence-corrected chi connectivity index (χ1v) is 38.2. The zero-order chi connectivity index (χ0) is 64.7. The van der Waals surface area contributed by atoms with E-state index in [1.54, 1.807) is 0 Å². The Hall–Kier alpha value is -1.94. The summed E-state index contributed by atoms with van der Waals surface area (Å²) in [6, 6.07) is 0. The summed E-state index contributed by atoms with van der Waals surface area (Å²) in [7, 11) is -9.89. The molecule has 0 spiro atoms. The van der Waals surface area contributed by atoms with Gasteiger partial charge in [-0.15, -0.1) is 0 Å². The molecule has 0 radical (unpaired) electrons. The monoisotopic (exact) mass is 1280 g/mol. The molecule has 0 aliphatic carbocycles. The lowest BCUT2D eigenvalue weighted by Crippen LogP contribution is -2.30. The molecule has 87 heavy (non-hydrogen) atoms. The van der Waals surface area contributed by atoms with Gasteiger partial charge in [-0.2, -0.15) is 0 Å². The topological polar surface area (TPSA) is 237 Å². The maximum absolute atomic E-state index is 13.0. The third-order valence-electron chi connectivity index (χ3n) is 15.6. The summed E-state index contributed by atoms with van der Waals surface area (Å²) in [5, 5.41) is 10.5. The second kappa shape index (κ2) is 57.9. The van der Waals surface area contributed by atoms with Crippen molar-refractivity contribution in [3.05, 3.63) is 0 Å². The van der Waals surface area contributed by atoms with E-state index in [4.69, 9.17) is 37.0 Å².